The van der Waals surface area contributed by atoms with Crippen LogP contribution in [0.5, 0.6) is 0 Å². The summed E-state index contributed by atoms with van der Waals surface area (Å²) < 4.78 is 6.83. The van der Waals surface area contributed by atoms with E-state index in [-0.39, 0.29) is 6.71 Å². The third-order valence-corrected chi connectivity index (χ3v) is 8.25. The summed E-state index contributed by atoms with van der Waals surface area (Å²) in [6, 6.07) is 35.2. The van der Waals surface area contributed by atoms with E-state index in [1.807, 2.05) is 0 Å². The summed E-state index contributed by atoms with van der Waals surface area (Å²) in [5, 5.41) is 0. The highest BCUT2D eigenvalue weighted by Gasteiger charge is 2.47. The molecule has 0 spiro atoms. The lowest BCUT2D eigenvalue weighted by molar-refractivity contribution is 0.484. The Kier molecular flexibility index (Phi) is 4.48. The van der Waals surface area contributed by atoms with Gasteiger partial charge in [-0.15, -0.1) is 0 Å². The molecule has 0 unspecified atom stereocenters. The van der Waals surface area contributed by atoms with Crippen LogP contribution in [0.2, 0.25) is 0 Å². The van der Waals surface area contributed by atoms with Crippen molar-refractivity contribution in [1.82, 2.24) is 0 Å². The van der Waals surface area contributed by atoms with Gasteiger partial charge in [0, 0.05) is 34.9 Å². The van der Waals surface area contributed by atoms with Crippen LogP contribution in [-0.2, 0) is 12.8 Å². The molecule has 8 rings (SSSR count). The Labute approximate surface area is 218 Å². The summed E-state index contributed by atoms with van der Waals surface area (Å²) >= 11 is 0. The summed E-state index contributed by atoms with van der Waals surface area (Å²) in [5.74, 6) is 2.20. The standard InChI is InChI=1S/C33H27BN2O/c1-22-20-28-32-29(21-22)36(24-14-6-3-7-15-24)33-31(25-16-8-11-19-30(25)37-33)34(32)26-17-9-10-18-27(26)35(28)23-12-4-2-5-13-23/h2-7,9-10,12-15,17-18,20-21H,8,11,16,19H2,1H3. The maximum atomic E-state index is 6.83. The topological polar surface area (TPSA) is 19.6 Å². The van der Waals surface area contributed by atoms with E-state index in [1.165, 1.54) is 68.9 Å². The van der Waals surface area contributed by atoms with Gasteiger partial charge in [-0.3, -0.25) is 4.90 Å². The fraction of sp³-hybridized carbons (Fsp3) is 0.152. The molecule has 1 aromatic heterocycles. The minimum absolute atomic E-state index is 0.155. The zero-order valence-corrected chi connectivity index (χ0v) is 20.9. The molecule has 3 aliphatic rings. The van der Waals surface area contributed by atoms with Gasteiger partial charge in [0.15, 0.2) is 5.88 Å². The van der Waals surface area contributed by atoms with Crippen molar-refractivity contribution in [2.45, 2.75) is 32.6 Å². The van der Waals surface area contributed by atoms with E-state index in [0.29, 0.717) is 0 Å². The third kappa shape index (κ3) is 2.96. The molecule has 5 aromatic rings. The molecule has 0 radical (unpaired) electrons. The molecule has 4 aromatic carbocycles. The van der Waals surface area contributed by atoms with Gasteiger partial charge in [-0.1, -0.05) is 54.6 Å². The average molecular weight is 478 g/mol. The quantitative estimate of drug-likeness (QED) is 0.263. The monoisotopic (exact) mass is 478 g/mol. The molecule has 0 amide bonds. The number of para-hydroxylation sites is 3. The molecule has 0 fully saturated rings. The van der Waals surface area contributed by atoms with E-state index in [1.54, 1.807) is 0 Å². The molecule has 0 N–H and O–H groups in total. The first kappa shape index (κ1) is 21.0. The molecular formula is C33H27BN2O. The molecular weight excluding hydrogens is 451 g/mol. The Balaban J connectivity index is 1.50. The van der Waals surface area contributed by atoms with Crippen molar-refractivity contribution in [2.75, 3.05) is 9.80 Å². The van der Waals surface area contributed by atoms with Crippen LogP contribution in [0.3, 0.4) is 0 Å². The van der Waals surface area contributed by atoms with Crippen molar-refractivity contribution in [3.8, 4) is 0 Å². The third-order valence-electron chi connectivity index (χ3n) is 8.25. The van der Waals surface area contributed by atoms with Crippen molar-refractivity contribution < 1.29 is 4.42 Å². The predicted octanol–water partition coefficient (Wildman–Crippen LogP) is 6.55. The van der Waals surface area contributed by atoms with Crippen LogP contribution in [0.15, 0.2) is 101 Å². The Morgan fingerprint density at radius 3 is 2.03 bits per heavy atom. The summed E-state index contributed by atoms with van der Waals surface area (Å²) in [7, 11) is 0. The first-order chi connectivity index (χ1) is 18.3. The van der Waals surface area contributed by atoms with Crippen molar-refractivity contribution in [2.24, 2.45) is 0 Å². The Morgan fingerprint density at radius 1 is 0.649 bits per heavy atom. The normalized spacial score (nSPS) is 15.1. The fourth-order valence-corrected chi connectivity index (χ4v) is 6.78. The number of nitrogens with zero attached hydrogens (tertiary/aromatic N) is 2. The lowest BCUT2D eigenvalue weighted by Gasteiger charge is -2.42. The molecule has 37 heavy (non-hydrogen) atoms. The van der Waals surface area contributed by atoms with Crippen molar-refractivity contribution in [3.63, 3.8) is 0 Å². The Morgan fingerprint density at radius 2 is 1.27 bits per heavy atom. The van der Waals surface area contributed by atoms with Crippen molar-refractivity contribution in [3.05, 3.63) is 114 Å². The summed E-state index contributed by atoms with van der Waals surface area (Å²) in [6.07, 6.45) is 4.54. The molecule has 0 saturated heterocycles. The van der Waals surface area contributed by atoms with Crippen molar-refractivity contribution in [1.29, 1.82) is 0 Å². The highest BCUT2D eigenvalue weighted by molar-refractivity contribution is 7.00. The number of rotatable bonds is 2. The molecule has 0 bridgehead atoms. The average Bonchev–Trinajstić information content (AvgIpc) is 3.32. The molecule has 178 valence electrons. The summed E-state index contributed by atoms with van der Waals surface area (Å²) in [6.45, 7) is 2.36. The van der Waals surface area contributed by atoms with E-state index < -0.39 is 0 Å². The van der Waals surface area contributed by atoms with E-state index in [4.69, 9.17) is 4.42 Å². The molecule has 0 saturated carbocycles. The second-order valence-electron chi connectivity index (χ2n) is 10.5. The zero-order chi connectivity index (χ0) is 24.5. The van der Waals surface area contributed by atoms with Gasteiger partial charge in [0.1, 0.15) is 5.76 Å². The summed E-state index contributed by atoms with van der Waals surface area (Å²) in [4.78, 5) is 4.84. The maximum Gasteiger partial charge on any atom is 0.256 e. The lowest BCUT2D eigenvalue weighted by atomic mass is 9.33. The molecule has 3 nitrogen and oxygen atoms in total. The van der Waals surface area contributed by atoms with E-state index in [0.717, 1.165) is 24.4 Å². The SMILES string of the molecule is Cc1cc2c3c(c1)N(c1ccccc1)c1oc4c(c1B3c1ccccc1N2c1ccccc1)CCCC4. The minimum Gasteiger partial charge on any atom is -0.445 e. The number of benzene rings is 4. The van der Waals surface area contributed by atoms with E-state index in [9.17, 15) is 0 Å². The molecule has 4 heteroatoms. The lowest BCUT2D eigenvalue weighted by Crippen LogP contribution is -2.61. The zero-order valence-electron chi connectivity index (χ0n) is 20.9. The maximum absolute atomic E-state index is 6.83. The van der Waals surface area contributed by atoms with Crippen LogP contribution in [0.4, 0.5) is 34.3 Å². The highest BCUT2D eigenvalue weighted by Crippen LogP contribution is 2.46. The Bertz CT molecular complexity index is 1660. The molecule has 1 aliphatic carbocycles. The van der Waals surface area contributed by atoms with Gasteiger partial charge in [-0.25, -0.2) is 0 Å². The van der Waals surface area contributed by atoms with Gasteiger partial charge in [0.05, 0.1) is 0 Å². The number of fused-ring (bicyclic) bond motifs is 6. The van der Waals surface area contributed by atoms with Gasteiger partial charge in [0.2, 0.25) is 0 Å². The second kappa shape index (κ2) is 7.91. The molecule has 0 atom stereocenters. The van der Waals surface area contributed by atoms with Crippen LogP contribution >= 0.6 is 0 Å². The number of furan rings is 1. The van der Waals surface area contributed by atoms with Crippen molar-refractivity contribution >= 4 is 57.4 Å². The Hall–Kier alpha value is -4.18. The highest BCUT2D eigenvalue weighted by atomic mass is 16.4. The van der Waals surface area contributed by atoms with Crippen LogP contribution in [0.25, 0.3) is 0 Å². The number of anilines is 6. The van der Waals surface area contributed by atoms with Crippen LogP contribution in [0.1, 0.15) is 29.7 Å². The van der Waals surface area contributed by atoms with Gasteiger partial charge in [-0.05, 0) is 96.2 Å². The van der Waals surface area contributed by atoms with Gasteiger partial charge >= 0.3 is 0 Å². The van der Waals surface area contributed by atoms with Crippen LogP contribution in [0, 0.1) is 6.92 Å². The van der Waals surface area contributed by atoms with Gasteiger partial charge in [-0.2, -0.15) is 0 Å². The largest absolute Gasteiger partial charge is 0.445 e. The molecule has 3 heterocycles. The summed E-state index contributed by atoms with van der Waals surface area (Å²) in [5.41, 5.74) is 12.9. The van der Waals surface area contributed by atoms with E-state index >= 15 is 0 Å². The number of hydrogen-bond acceptors (Lipinski definition) is 3. The molecule has 2 aliphatic heterocycles. The van der Waals surface area contributed by atoms with Crippen LogP contribution in [-0.4, -0.2) is 6.71 Å². The number of hydrogen-bond donors (Lipinski definition) is 0. The van der Waals surface area contributed by atoms with Gasteiger partial charge < -0.3 is 9.32 Å². The first-order valence-corrected chi connectivity index (χ1v) is 13.4. The van der Waals surface area contributed by atoms with E-state index in [2.05, 4.69) is 114 Å². The first-order valence-electron chi connectivity index (χ1n) is 13.4. The fourth-order valence-electron chi connectivity index (χ4n) is 6.78. The minimum atomic E-state index is 0.155. The predicted molar refractivity (Wildman–Crippen MR) is 154 cm³/mol. The van der Waals surface area contributed by atoms with Crippen LogP contribution < -0.4 is 26.2 Å². The smallest absolute Gasteiger partial charge is 0.256 e. The van der Waals surface area contributed by atoms with Gasteiger partial charge in [0.25, 0.3) is 6.71 Å². The second-order valence-corrected chi connectivity index (χ2v) is 10.5. The number of aryl methyl sites for hydroxylation is 2.